The highest BCUT2D eigenvalue weighted by molar-refractivity contribution is 7.15. The van der Waals surface area contributed by atoms with Crippen molar-refractivity contribution in [3.63, 3.8) is 0 Å². The number of nitrogens with one attached hydrogen (secondary N) is 2. The molecule has 0 aromatic carbocycles. The fourth-order valence-electron chi connectivity index (χ4n) is 3.27. The number of rotatable bonds is 7. The Morgan fingerprint density at radius 3 is 2.57 bits per heavy atom. The lowest BCUT2D eigenvalue weighted by atomic mass is 9.74. The number of pyridine rings is 1. The molecule has 3 heterocycles. The first-order chi connectivity index (χ1) is 14.4. The highest BCUT2D eigenvalue weighted by Crippen LogP contribution is 2.44. The van der Waals surface area contributed by atoms with Gasteiger partial charge in [0.25, 0.3) is 0 Å². The van der Waals surface area contributed by atoms with Crippen molar-refractivity contribution < 1.29 is 9.59 Å². The molecule has 1 aliphatic carbocycles. The summed E-state index contributed by atoms with van der Waals surface area (Å²) in [6.07, 6.45) is 4.82. The van der Waals surface area contributed by atoms with Crippen molar-refractivity contribution in [2.45, 2.75) is 45.4 Å². The maximum absolute atomic E-state index is 12.2. The third kappa shape index (κ3) is 5.22. The summed E-state index contributed by atoms with van der Waals surface area (Å²) in [5, 5.41) is 24.9. The maximum atomic E-state index is 12.2. The minimum Gasteiger partial charge on any atom is -0.301 e. The molecule has 0 spiro atoms. The smallest absolute Gasteiger partial charge is 0.232 e. The number of anilines is 2. The number of hydrogen-bond donors (Lipinski definition) is 2. The Bertz CT molecular complexity index is 1040. The number of aryl methyl sites for hydroxylation is 1. The molecule has 30 heavy (non-hydrogen) atoms. The summed E-state index contributed by atoms with van der Waals surface area (Å²) in [4.78, 5) is 27.5. The molecule has 156 valence electrons. The van der Waals surface area contributed by atoms with Crippen molar-refractivity contribution in [3.05, 3.63) is 39.6 Å². The number of nitrogens with zero attached hydrogens (tertiary/aromatic N) is 5. The van der Waals surface area contributed by atoms with E-state index in [9.17, 15) is 9.59 Å². The van der Waals surface area contributed by atoms with E-state index in [0.29, 0.717) is 22.1 Å². The molecule has 11 heteroatoms. The molecule has 3 aromatic heterocycles. The van der Waals surface area contributed by atoms with Gasteiger partial charge in [-0.05, 0) is 37.3 Å². The Hall–Kier alpha value is -2.79. The third-order valence-electron chi connectivity index (χ3n) is 4.80. The fraction of sp³-hybridized carbons (Fsp3) is 0.421. The molecule has 0 atom stereocenters. The van der Waals surface area contributed by atoms with E-state index in [-0.39, 0.29) is 18.2 Å². The van der Waals surface area contributed by atoms with Gasteiger partial charge in [-0.15, -0.1) is 20.4 Å². The van der Waals surface area contributed by atoms with Crippen molar-refractivity contribution in [3.8, 4) is 0 Å². The summed E-state index contributed by atoms with van der Waals surface area (Å²) in [5.41, 5.74) is 1.79. The van der Waals surface area contributed by atoms with Crippen LogP contribution in [-0.2, 0) is 22.4 Å². The second-order valence-electron chi connectivity index (χ2n) is 7.42. The molecule has 2 amide bonds. The number of carbonyl (C=O) groups is 2. The summed E-state index contributed by atoms with van der Waals surface area (Å²) >= 11 is 2.85. The zero-order valence-corrected chi connectivity index (χ0v) is 18.2. The van der Waals surface area contributed by atoms with Crippen LogP contribution in [-0.4, -0.2) is 37.2 Å². The monoisotopic (exact) mass is 443 g/mol. The lowest BCUT2D eigenvalue weighted by Crippen LogP contribution is -2.23. The van der Waals surface area contributed by atoms with Gasteiger partial charge in [0, 0.05) is 31.2 Å². The second-order valence-corrected chi connectivity index (χ2v) is 9.49. The number of carbonyl (C=O) groups excluding carboxylic acids is 2. The Morgan fingerprint density at radius 2 is 1.83 bits per heavy atom. The van der Waals surface area contributed by atoms with E-state index in [1.807, 2.05) is 19.1 Å². The standard InChI is InChI=1S/C19H21N7O2S2/c1-10-3-4-14(20-9-10)8-15(28)22-19-26-24-17(30-19)13-5-12(6-13)7-16-23-25-18(29-16)21-11(2)27/h3-4,9,12-13H,5-8H2,1-2H3,(H,21,25,27)(H,22,26,28)/t12-,13+. The number of hydrogen-bond acceptors (Lipinski definition) is 9. The van der Waals surface area contributed by atoms with Crippen LogP contribution >= 0.6 is 22.7 Å². The van der Waals surface area contributed by atoms with Crippen LogP contribution in [0, 0.1) is 12.8 Å². The first-order valence-electron chi connectivity index (χ1n) is 9.59. The Labute approximate surface area is 181 Å². The lowest BCUT2D eigenvalue weighted by Gasteiger charge is -2.32. The minimum absolute atomic E-state index is 0.143. The van der Waals surface area contributed by atoms with Gasteiger partial charge in [0.15, 0.2) is 0 Å². The summed E-state index contributed by atoms with van der Waals surface area (Å²) < 4.78 is 0. The molecule has 0 unspecified atom stereocenters. The third-order valence-corrected chi connectivity index (χ3v) is 6.66. The molecule has 4 rings (SSSR count). The van der Waals surface area contributed by atoms with Crippen LogP contribution in [0.15, 0.2) is 18.3 Å². The molecular formula is C19H21N7O2S2. The number of amides is 2. The van der Waals surface area contributed by atoms with Crippen LogP contribution in [0.2, 0.25) is 0 Å². The van der Waals surface area contributed by atoms with Gasteiger partial charge in [-0.1, -0.05) is 28.7 Å². The van der Waals surface area contributed by atoms with Gasteiger partial charge in [0.2, 0.25) is 22.1 Å². The summed E-state index contributed by atoms with van der Waals surface area (Å²) in [5.74, 6) is 0.588. The van der Waals surface area contributed by atoms with Gasteiger partial charge < -0.3 is 10.6 Å². The molecule has 1 saturated carbocycles. The van der Waals surface area contributed by atoms with E-state index in [1.165, 1.54) is 29.6 Å². The Morgan fingerprint density at radius 1 is 1.07 bits per heavy atom. The van der Waals surface area contributed by atoms with Gasteiger partial charge in [-0.25, -0.2) is 0 Å². The van der Waals surface area contributed by atoms with Crippen molar-refractivity contribution in [1.29, 1.82) is 0 Å². The Balaban J connectivity index is 1.24. The first kappa shape index (κ1) is 20.5. The zero-order valence-electron chi connectivity index (χ0n) is 16.6. The molecule has 1 fully saturated rings. The van der Waals surface area contributed by atoms with Crippen LogP contribution in [0.5, 0.6) is 0 Å². The van der Waals surface area contributed by atoms with Gasteiger partial charge in [0.1, 0.15) is 10.0 Å². The van der Waals surface area contributed by atoms with Crippen molar-refractivity contribution >= 4 is 44.8 Å². The van der Waals surface area contributed by atoms with Crippen LogP contribution in [0.25, 0.3) is 0 Å². The SMILES string of the molecule is CC(=O)Nc1nnc(C[C@H]2C[C@@H](c3nnc(NC(=O)Cc4ccc(C)cn4)s3)C2)s1. The normalized spacial score (nSPS) is 17.9. The van der Waals surface area contributed by atoms with Crippen LogP contribution in [0.4, 0.5) is 10.3 Å². The largest absolute Gasteiger partial charge is 0.301 e. The zero-order chi connectivity index (χ0) is 21.1. The molecule has 2 N–H and O–H groups in total. The van der Waals surface area contributed by atoms with Gasteiger partial charge >= 0.3 is 0 Å². The van der Waals surface area contributed by atoms with Gasteiger partial charge in [-0.3, -0.25) is 14.6 Å². The van der Waals surface area contributed by atoms with Gasteiger partial charge in [0.05, 0.1) is 6.42 Å². The number of aromatic nitrogens is 5. The summed E-state index contributed by atoms with van der Waals surface area (Å²) in [6.45, 7) is 3.41. The fourth-order valence-corrected chi connectivity index (χ4v) is 5.05. The van der Waals surface area contributed by atoms with Crippen LogP contribution in [0.3, 0.4) is 0 Å². The summed E-state index contributed by atoms with van der Waals surface area (Å²) in [6, 6.07) is 3.79. The first-order valence-corrected chi connectivity index (χ1v) is 11.2. The maximum Gasteiger partial charge on any atom is 0.232 e. The predicted octanol–water partition coefficient (Wildman–Crippen LogP) is 2.97. The molecule has 0 aliphatic heterocycles. The van der Waals surface area contributed by atoms with Crippen molar-refractivity contribution in [1.82, 2.24) is 25.4 Å². The highest BCUT2D eigenvalue weighted by atomic mass is 32.1. The van der Waals surface area contributed by atoms with E-state index in [0.717, 1.165) is 40.5 Å². The molecule has 3 aromatic rings. The molecule has 0 radical (unpaired) electrons. The van der Waals surface area contributed by atoms with Crippen LogP contribution < -0.4 is 10.6 Å². The Kier molecular flexibility index (Phi) is 6.09. The average molecular weight is 444 g/mol. The molecule has 9 nitrogen and oxygen atoms in total. The van der Waals surface area contributed by atoms with Crippen LogP contribution in [0.1, 0.15) is 47.0 Å². The van der Waals surface area contributed by atoms with Gasteiger partial charge in [-0.2, -0.15) is 0 Å². The van der Waals surface area contributed by atoms with E-state index in [2.05, 4.69) is 36.0 Å². The van der Waals surface area contributed by atoms with Crippen molar-refractivity contribution in [2.75, 3.05) is 10.6 Å². The van der Waals surface area contributed by atoms with E-state index in [1.54, 1.807) is 6.20 Å². The van der Waals surface area contributed by atoms with Crippen molar-refractivity contribution in [2.24, 2.45) is 5.92 Å². The topological polar surface area (TPSA) is 123 Å². The minimum atomic E-state index is -0.146. The quantitative estimate of drug-likeness (QED) is 0.575. The lowest BCUT2D eigenvalue weighted by molar-refractivity contribution is -0.116. The average Bonchev–Trinajstić information content (AvgIpc) is 3.28. The summed E-state index contributed by atoms with van der Waals surface area (Å²) in [7, 11) is 0. The molecule has 0 bridgehead atoms. The second kappa shape index (κ2) is 8.92. The predicted molar refractivity (Wildman–Crippen MR) is 115 cm³/mol. The van der Waals surface area contributed by atoms with E-state index >= 15 is 0 Å². The van der Waals surface area contributed by atoms with E-state index < -0.39 is 0 Å². The molecule has 1 aliphatic rings. The molecular weight excluding hydrogens is 422 g/mol. The molecule has 0 saturated heterocycles. The highest BCUT2D eigenvalue weighted by Gasteiger charge is 2.33. The van der Waals surface area contributed by atoms with E-state index in [4.69, 9.17) is 0 Å².